The quantitative estimate of drug-likeness (QED) is 0.725. The molecule has 1 aliphatic carbocycles. The molecular weight excluding hydrogens is 350 g/mol. The standard InChI is InChI=1S/C19H23N3O5/c1-13-11-17(21-27-13)20-18(23)9-10-22(14-7-8-14)19(24)12-26-16-6-4-3-5-15(16)25-2/h3-6,11,14H,7-10,12H2,1-2H3,(H,20,21,23). The van der Waals surface area contributed by atoms with Crippen LogP contribution in [-0.2, 0) is 9.59 Å². The number of para-hydroxylation sites is 2. The van der Waals surface area contributed by atoms with E-state index in [4.69, 9.17) is 14.0 Å². The molecule has 1 aliphatic rings. The molecule has 0 aliphatic heterocycles. The molecule has 1 aromatic carbocycles. The number of ether oxygens (including phenoxy) is 2. The van der Waals surface area contributed by atoms with E-state index in [1.807, 2.05) is 12.1 Å². The first kappa shape index (κ1) is 18.8. The topological polar surface area (TPSA) is 93.9 Å². The average molecular weight is 373 g/mol. The minimum atomic E-state index is -0.215. The van der Waals surface area contributed by atoms with E-state index >= 15 is 0 Å². The number of nitrogens with one attached hydrogen (secondary N) is 1. The van der Waals surface area contributed by atoms with Crippen LogP contribution in [0.15, 0.2) is 34.9 Å². The number of carbonyl (C=O) groups is 2. The molecule has 144 valence electrons. The number of hydrogen-bond donors (Lipinski definition) is 1. The minimum absolute atomic E-state index is 0.0963. The van der Waals surface area contributed by atoms with Crippen LogP contribution in [0.1, 0.15) is 25.0 Å². The second kappa shape index (κ2) is 8.57. The summed E-state index contributed by atoms with van der Waals surface area (Å²) in [7, 11) is 1.55. The van der Waals surface area contributed by atoms with Gasteiger partial charge in [-0.15, -0.1) is 0 Å². The highest BCUT2D eigenvalue weighted by atomic mass is 16.5. The smallest absolute Gasteiger partial charge is 0.260 e. The fourth-order valence-corrected chi connectivity index (χ4v) is 2.71. The van der Waals surface area contributed by atoms with Gasteiger partial charge >= 0.3 is 0 Å². The van der Waals surface area contributed by atoms with E-state index in [0.29, 0.717) is 29.6 Å². The highest BCUT2D eigenvalue weighted by Gasteiger charge is 2.32. The fourth-order valence-electron chi connectivity index (χ4n) is 2.71. The number of benzene rings is 1. The number of amides is 2. The first-order valence-corrected chi connectivity index (χ1v) is 8.85. The number of anilines is 1. The zero-order valence-corrected chi connectivity index (χ0v) is 15.4. The van der Waals surface area contributed by atoms with Crippen molar-refractivity contribution < 1.29 is 23.6 Å². The van der Waals surface area contributed by atoms with Crippen LogP contribution in [0.4, 0.5) is 5.82 Å². The Morgan fingerprint density at radius 1 is 1.30 bits per heavy atom. The maximum Gasteiger partial charge on any atom is 0.260 e. The first-order chi connectivity index (χ1) is 13.1. The van der Waals surface area contributed by atoms with E-state index in [9.17, 15) is 9.59 Å². The van der Waals surface area contributed by atoms with E-state index in [1.165, 1.54) is 0 Å². The van der Waals surface area contributed by atoms with Crippen LogP contribution in [0, 0.1) is 6.92 Å². The van der Waals surface area contributed by atoms with Crippen molar-refractivity contribution in [3.8, 4) is 11.5 Å². The second-order valence-corrected chi connectivity index (χ2v) is 6.38. The van der Waals surface area contributed by atoms with Crippen molar-refractivity contribution >= 4 is 17.6 Å². The van der Waals surface area contributed by atoms with Gasteiger partial charge in [0, 0.05) is 25.1 Å². The zero-order valence-electron chi connectivity index (χ0n) is 15.4. The Labute approximate surface area is 157 Å². The third-order valence-corrected chi connectivity index (χ3v) is 4.20. The minimum Gasteiger partial charge on any atom is -0.493 e. The first-order valence-electron chi connectivity index (χ1n) is 8.85. The van der Waals surface area contributed by atoms with Crippen LogP contribution < -0.4 is 14.8 Å². The summed E-state index contributed by atoms with van der Waals surface area (Å²) < 4.78 is 15.7. The molecule has 0 atom stereocenters. The van der Waals surface area contributed by atoms with E-state index in [0.717, 1.165) is 12.8 Å². The van der Waals surface area contributed by atoms with Crippen molar-refractivity contribution in [2.45, 2.75) is 32.2 Å². The molecular formula is C19H23N3O5. The van der Waals surface area contributed by atoms with Crippen molar-refractivity contribution in [3.63, 3.8) is 0 Å². The lowest BCUT2D eigenvalue weighted by Crippen LogP contribution is -2.38. The van der Waals surface area contributed by atoms with E-state index in [2.05, 4.69) is 10.5 Å². The van der Waals surface area contributed by atoms with E-state index < -0.39 is 0 Å². The summed E-state index contributed by atoms with van der Waals surface area (Å²) >= 11 is 0. The van der Waals surface area contributed by atoms with Gasteiger partial charge in [-0.2, -0.15) is 0 Å². The molecule has 8 nitrogen and oxygen atoms in total. The molecule has 1 N–H and O–H groups in total. The molecule has 0 bridgehead atoms. The molecule has 2 aromatic rings. The van der Waals surface area contributed by atoms with Crippen LogP contribution in [0.5, 0.6) is 11.5 Å². The summed E-state index contributed by atoms with van der Waals surface area (Å²) in [4.78, 5) is 26.4. The SMILES string of the molecule is COc1ccccc1OCC(=O)N(CCC(=O)Nc1cc(C)on1)C1CC1. The summed E-state index contributed by atoms with van der Waals surface area (Å²) in [6.45, 7) is 1.99. The van der Waals surface area contributed by atoms with Gasteiger partial charge in [0.2, 0.25) is 5.91 Å². The predicted molar refractivity (Wildman–Crippen MR) is 97.7 cm³/mol. The number of aryl methyl sites for hydroxylation is 1. The predicted octanol–water partition coefficient (Wildman–Crippen LogP) is 2.39. The Kier molecular flexibility index (Phi) is 5.95. The average Bonchev–Trinajstić information content (AvgIpc) is 3.42. The van der Waals surface area contributed by atoms with Crippen molar-refractivity contribution in [3.05, 3.63) is 36.1 Å². The molecule has 2 amide bonds. The molecule has 0 spiro atoms. The van der Waals surface area contributed by atoms with Crippen LogP contribution in [0.2, 0.25) is 0 Å². The van der Waals surface area contributed by atoms with Crippen LogP contribution in [0.3, 0.4) is 0 Å². The lowest BCUT2D eigenvalue weighted by Gasteiger charge is -2.22. The van der Waals surface area contributed by atoms with Crippen molar-refractivity contribution in [1.82, 2.24) is 10.1 Å². The number of rotatable bonds is 9. The molecule has 0 unspecified atom stereocenters. The number of nitrogens with zero attached hydrogens (tertiary/aromatic N) is 2. The Morgan fingerprint density at radius 3 is 2.67 bits per heavy atom. The zero-order chi connectivity index (χ0) is 19.2. The third-order valence-electron chi connectivity index (χ3n) is 4.20. The van der Waals surface area contributed by atoms with Gasteiger partial charge in [0.05, 0.1) is 7.11 Å². The Hall–Kier alpha value is -3.03. The largest absolute Gasteiger partial charge is 0.493 e. The summed E-state index contributed by atoms with van der Waals surface area (Å²) in [6, 6.07) is 8.99. The monoisotopic (exact) mass is 373 g/mol. The van der Waals surface area contributed by atoms with Crippen molar-refractivity contribution in [2.75, 3.05) is 25.6 Å². The maximum absolute atomic E-state index is 12.6. The molecule has 0 radical (unpaired) electrons. The Bertz CT molecular complexity index is 800. The lowest BCUT2D eigenvalue weighted by atomic mass is 10.3. The van der Waals surface area contributed by atoms with Gasteiger partial charge in [-0.05, 0) is 31.9 Å². The number of carbonyl (C=O) groups excluding carboxylic acids is 2. The van der Waals surface area contributed by atoms with Gasteiger partial charge in [-0.25, -0.2) is 0 Å². The molecule has 27 heavy (non-hydrogen) atoms. The highest BCUT2D eigenvalue weighted by molar-refractivity contribution is 5.90. The van der Waals surface area contributed by atoms with Gasteiger partial charge in [0.15, 0.2) is 23.9 Å². The van der Waals surface area contributed by atoms with E-state index in [-0.39, 0.29) is 30.9 Å². The molecule has 3 rings (SSSR count). The molecule has 1 fully saturated rings. The fraction of sp³-hybridized carbons (Fsp3) is 0.421. The molecule has 1 aromatic heterocycles. The maximum atomic E-state index is 12.6. The number of aromatic nitrogens is 1. The number of methoxy groups -OCH3 is 1. The van der Waals surface area contributed by atoms with E-state index in [1.54, 1.807) is 37.1 Å². The van der Waals surface area contributed by atoms with Gasteiger partial charge < -0.3 is 24.2 Å². The van der Waals surface area contributed by atoms with Crippen LogP contribution >= 0.6 is 0 Å². The summed E-state index contributed by atoms with van der Waals surface area (Å²) in [6.07, 6.45) is 2.08. The van der Waals surface area contributed by atoms with Crippen molar-refractivity contribution in [2.24, 2.45) is 0 Å². The molecule has 8 heteroatoms. The van der Waals surface area contributed by atoms with Crippen LogP contribution in [-0.4, -0.2) is 48.2 Å². The van der Waals surface area contributed by atoms with Gasteiger partial charge in [-0.1, -0.05) is 17.3 Å². The van der Waals surface area contributed by atoms with Gasteiger partial charge in [0.1, 0.15) is 5.76 Å². The lowest BCUT2D eigenvalue weighted by molar-refractivity contribution is -0.134. The molecule has 1 saturated carbocycles. The van der Waals surface area contributed by atoms with Gasteiger partial charge in [0.25, 0.3) is 5.91 Å². The second-order valence-electron chi connectivity index (χ2n) is 6.38. The van der Waals surface area contributed by atoms with Gasteiger partial charge in [-0.3, -0.25) is 9.59 Å². The van der Waals surface area contributed by atoms with Crippen molar-refractivity contribution in [1.29, 1.82) is 0 Å². The molecule has 0 saturated heterocycles. The summed E-state index contributed by atoms with van der Waals surface area (Å²) in [5.41, 5.74) is 0. The normalized spacial score (nSPS) is 13.1. The van der Waals surface area contributed by atoms with Crippen LogP contribution in [0.25, 0.3) is 0 Å². The Morgan fingerprint density at radius 2 is 2.04 bits per heavy atom. The summed E-state index contributed by atoms with van der Waals surface area (Å²) in [5.74, 6) is 1.73. The molecule has 1 heterocycles. The highest BCUT2D eigenvalue weighted by Crippen LogP contribution is 2.28. The number of hydrogen-bond acceptors (Lipinski definition) is 6. The third kappa shape index (κ3) is 5.22. The summed E-state index contributed by atoms with van der Waals surface area (Å²) in [5, 5.41) is 6.39. The Balaban J connectivity index is 1.50.